The van der Waals surface area contributed by atoms with Crippen molar-refractivity contribution in [3.8, 4) is 0 Å². The number of carbonyl (C=O) groups excluding carboxylic acids is 1. The lowest BCUT2D eigenvalue weighted by Gasteiger charge is -2.29. The molecule has 1 N–H and O–H groups in total. The first-order valence-electron chi connectivity index (χ1n) is 5.60. The van der Waals surface area contributed by atoms with E-state index in [-0.39, 0.29) is 11.3 Å². The number of esters is 1. The highest BCUT2D eigenvalue weighted by molar-refractivity contribution is 6.28. The van der Waals surface area contributed by atoms with Crippen molar-refractivity contribution < 1.29 is 9.53 Å². The zero-order chi connectivity index (χ0) is 14.0. The number of carbonyl (C=O) groups is 1. The number of halogens is 1. The summed E-state index contributed by atoms with van der Waals surface area (Å²) in [5, 5.41) is 3.10. The highest BCUT2D eigenvalue weighted by Gasteiger charge is 2.32. The van der Waals surface area contributed by atoms with E-state index >= 15 is 0 Å². The number of nitrogens with zero attached hydrogens (tertiary/aromatic N) is 2. The average molecular weight is 272 g/mol. The molecule has 1 heterocycles. The van der Waals surface area contributed by atoms with Crippen LogP contribution in [0.25, 0.3) is 0 Å². The predicted molar refractivity (Wildman–Crippen MR) is 70.6 cm³/mol. The summed E-state index contributed by atoms with van der Waals surface area (Å²) in [6.07, 6.45) is 1.52. The topological polar surface area (TPSA) is 64.1 Å². The third-order valence-electron chi connectivity index (χ3n) is 1.98. The summed E-state index contributed by atoms with van der Waals surface area (Å²) >= 11 is 5.68. The molecule has 1 rings (SSSR count). The molecule has 5 nitrogen and oxygen atoms in total. The molecule has 0 saturated heterocycles. The van der Waals surface area contributed by atoms with E-state index in [2.05, 4.69) is 15.3 Å². The Kier molecular flexibility index (Phi) is 4.16. The number of aromatic nitrogens is 2. The molecule has 0 amide bonds. The summed E-state index contributed by atoms with van der Waals surface area (Å²) in [7, 11) is 0. The highest BCUT2D eigenvalue weighted by atomic mass is 35.5. The first-order chi connectivity index (χ1) is 8.10. The summed E-state index contributed by atoms with van der Waals surface area (Å²) in [4.78, 5) is 19.8. The predicted octanol–water partition coefficient (Wildman–Crippen LogP) is 2.66. The number of hydrogen-bond donors (Lipinski definition) is 1. The molecule has 0 spiro atoms. The lowest BCUT2D eigenvalue weighted by Crippen LogP contribution is -2.44. The average Bonchev–Trinajstić information content (AvgIpc) is 2.13. The van der Waals surface area contributed by atoms with Gasteiger partial charge in [-0.15, -0.1) is 0 Å². The summed E-state index contributed by atoms with van der Waals surface area (Å²) in [6.45, 7) is 8.90. The van der Waals surface area contributed by atoms with E-state index in [0.717, 1.165) is 0 Å². The third-order valence-corrected chi connectivity index (χ3v) is 2.16. The normalized spacial score (nSPS) is 12.1. The Morgan fingerprint density at radius 2 is 1.94 bits per heavy atom. The van der Waals surface area contributed by atoms with Crippen LogP contribution in [-0.4, -0.2) is 27.1 Å². The van der Waals surface area contributed by atoms with Crippen LogP contribution in [0.5, 0.6) is 0 Å². The van der Waals surface area contributed by atoms with Crippen LogP contribution in [0.2, 0.25) is 5.28 Å². The van der Waals surface area contributed by atoms with Crippen LogP contribution in [0, 0.1) is 0 Å². The van der Waals surface area contributed by atoms with E-state index in [4.69, 9.17) is 16.3 Å². The molecule has 0 radical (unpaired) electrons. The second-order valence-electron chi connectivity index (χ2n) is 5.46. The summed E-state index contributed by atoms with van der Waals surface area (Å²) < 4.78 is 5.33. The monoisotopic (exact) mass is 271 g/mol. The second-order valence-corrected chi connectivity index (χ2v) is 5.80. The Balaban J connectivity index is 2.78. The van der Waals surface area contributed by atoms with Gasteiger partial charge in [0.05, 0.1) is 0 Å². The number of hydrogen-bond acceptors (Lipinski definition) is 5. The van der Waals surface area contributed by atoms with Crippen molar-refractivity contribution in [2.45, 2.75) is 45.8 Å². The molecular weight excluding hydrogens is 254 g/mol. The van der Waals surface area contributed by atoms with Gasteiger partial charge >= 0.3 is 5.97 Å². The maximum Gasteiger partial charge on any atom is 0.331 e. The quantitative estimate of drug-likeness (QED) is 0.676. The largest absolute Gasteiger partial charge is 0.458 e. The van der Waals surface area contributed by atoms with Gasteiger partial charge in [0.15, 0.2) is 0 Å². The van der Waals surface area contributed by atoms with Gasteiger partial charge in [-0.05, 0) is 52.3 Å². The second kappa shape index (κ2) is 5.10. The molecular formula is C12H18ClN3O2. The standard InChI is InChI=1S/C12H18ClN3O2/c1-11(2,3)18-9(17)12(4,5)16-8-6-7-14-10(13)15-8/h6-7H,1-5H3,(H,14,15,16). The van der Waals surface area contributed by atoms with Gasteiger partial charge in [0.2, 0.25) is 5.28 Å². The summed E-state index contributed by atoms with van der Waals surface area (Å²) in [5.74, 6) is 0.121. The fourth-order valence-electron chi connectivity index (χ4n) is 1.18. The van der Waals surface area contributed by atoms with Crippen molar-refractivity contribution in [1.29, 1.82) is 0 Å². The molecule has 0 fully saturated rings. The van der Waals surface area contributed by atoms with E-state index in [1.807, 2.05) is 20.8 Å². The zero-order valence-corrected chi connectivity index (χ0v) is 12.0. The van der Waals surface area contributed by atoms with E-state index in [1.165, 1.54) is 6.20 Å². The van der Waals surface area contributed by atoms with Crippen molar-refractivity contribution in [2.75, 3.05) is 5.32 Å². The van der Waals surface area contributed by atoms with Crippen LogP contribution in [0.3, 0.4) is 0 Å². The zero-order valence-electron chi connectivity index (χ0n) is 11.2. The molecule has 1 aromatic heterocycles. The van der Waals surface area contributed by atoms with E-state index in [9.17, 15) is 4.79 Å². The minimum Gasteiger partial charge on any atom is -0.458 e. The number of ether oxygens (including phenoxy) is 1. The molecule has 0 aliphatic rings. The van der Waals surface area contributed by atoms with Crippen LogP contribution in [0.1, 0.15) is 34.6 Å². The summed E-state index contributed by atoms with van der Waals surface area (Å²) in [5.41, 5.74) is -1.43. The third kappa shape index (κ3) is 4.49. The number of anilines is 1. The van der Waals surface area contributed by atoms with Crippen LogP contribution in [0.4, 0.5) is 5.82 Å². The molecule has 0 bridgehead atoms. The van der Waals surface area contributed by atoms with E-state index < -0.39 is 11.1 Å². The number of nitrogens with one attached hydrogen (secondary N) is 1. The Labute approximate surface area is 112 Å². The van der Waals surface area contributed by atoms with Crippen LogP contribution >= 0.6 is 11.6 Å². The van der Waals surface area contributed by atoms with Crippen molar-refractivity contribution in [3.05, 3.63) is 17.5 Å². The smallest absolute Gasteiger partial charge is 0.331 e. The van der Waals surface area contributed by atoms with Crippen LogP contribution < -0.4 is 5.32 Å². The van der Waals surface area contributed by atoms with Crippen molar-refractivity contribution in [3.63, 3.8) is 0 Å². The Morgan fingerprint density at radius 3 is 2.44 bits per heavy atom. The fourth-order valence-corrected chi connectivity index (χ4v) is 1.33. The molecule has 6 heteroatoms. The van der Waals surface area contributed by atoms with Crippen molar-refractivity contribution >= 4 is 23.4 Å². The van der Waals surface area contributed by atoms with Gasteiger partial charge in [-0.3, -0.25) is 0 Å². The summed E-state index contributed by atoms with van der Waals surface area (Å²) in [6, 6.07) is 1.64. The molecule has 0 unspecified atom stereocenters. The molecule has 100 valence electrons. The van der Waals surface area contributed by atoms with Gasteiger partial charge < -0.3 is 10.1 Å². The lowest BCUT2D eigenvalue weighted by molar-refractivity contribution is -0.159. The van der Waals surface area contributed by atoms with E-state index in [1.54, 1.807) is 19.9 Å². The SMILES string of the molecule is CC(C)(C)OC(=O)C(C)(C)Nc1ccnc(Cl)n1. The number of rotatable bonds is 3. The molecule has 0 aliphatic carbocycles. The fraction of sp³-hybridized carbons (Fsp3) is 0.583. The van der Waals surface area contributed by atoms with Gasteiger partial charge in [0.25, 0.3) is 0 Å². The molecule has 0 aromatic carbocycles. The highest BCUT2D eigenvalue weighted by Crippen LogP contribution is 2.18. The van der Waals surface area contributed by atoms with Gasteiger partial charge in [0.1, 0.15) is 17.0 Å². The molecule has 0 aliphatic heterocycles. The molecule has 1 aromatic rings. The van der Waals surface area contributed by atoms with E-state index in [0.29, 0.717) is 5.82 Å². The maximum atomic E-state index is 12.0. The molecule has 0 saturated carbocycles. The van der Waals surface area contributed by atoms with Crippen LogP contribution in [-0.2, 0) is 9.53 Å². The first-order valence-corrected chi connectivity index (χ1v) is 5.98. The lowest BCUT2D eigenvalue weighted by atomic mass is 10.1. The van der Waals surface area contributed by atoms with Crippen LogP contribution in [0.15, 0.2) is 12.3 Å². The van der Waals surface area contributed by atoms with Crippen molar-refractivity contribution in [2.24, 2.45) is 0 Å². The minimum atomic E-state index is -0.898. The van der Waals surface area contributed by atoms with Gasteiger partial charge in [0, 0.05) is 6.20 Å². The Bertz CT molecular complexity index is 441. The van der Waals surface area contributed by atoms with Gasteiger partial charge in [-0.25, -0.2) is 14.8 Å². The first kappa shape index (κ1) is 14.7. The maximum absolute atomic E-state index is 12.0. The molecule has 18 heavy (non-hydrogen) atoms. The molecule has 0 atom stereocenters. The Hall–Kier alpha value is -1.36. The minimum absolute atomic E-state index is 0.125. The van der Waals surface area contributed by atoms with Gasteiger partial charge in [-0.2, -0.15) is 0 Å². The van der Waals surface area contributed by atoms with Crippen molar-refractivity contribution in [1.82, 2.24) is 9.97 Å². The Morgan fingerprint density at radius 1 is 1.33 bits per heavy atom. The van der Waals surface area contributed by atoms with Gasteiger partial charge in [-0.1, -0.05) is 0 Å².